The Hall–Kier alpha value is -1.81. The molecule has 1 aromatic carbocycles. The van der Waals surface area contributed by atoms with Crippen LogP contribution in [0.4, 0.5) is 4.79 Å². The molecule has 27 heavy (non-hydrogen) atoms. The lowest BCUT2D eigenvalue weighted by Gasteiger charge is -2.28. The van der Waals surface area contributed by atoms with Crippen LogP contribution in [0.25, 0.3) is 6.08 Å². The lowest BCUT2D eigenvalue weighted by Crippen LogP contribution is -2.47. The standard InChI is InChI=1S/C23H36N2O2/c1-7-18(15-17-11-9-8-10-12-17)19-16-20(19)24-14-13-23(5,6)25-21(26)27-22(2,3)4/h8-12,15,19-20,24H,7,13-14,16H2,1-6H3,(H,25,26)/b18-15+/t19-,20+/m0/s1. The number of hydrogen-bond acceptors (Lipinski definition) is 3. The van der Waals surface area contributed by atoms with Gasteiger partial charge in [-0.15, -0.1) is 0 Å². The second-order valence-electron chi connectivity index (χ2n) is 9.15. The van der Waals surface area contributed by atoms with Crippen molar-refractivity contribution in [3.63, 3.8) is 0 Å². The highest BCUT2D eigenvalue weighted by atomic mass is 16.6. The first kappa shape index (κ1) is 21.5. The average Bonchev–Trinajstić information content (AvgIpc) is 3.30. The van der Waals surface area contributed by atoms with Gasteiger partial charge in [-0.3, -0.25) is 0 Å². The van der Waals surface area contributed by atoms with E-state index >= 15 is 0 Å². The molecule has 150 valence electrons. The van der Waals surface area contributed by atoms with E-state index in [9.17, 15) is 4.79 Å². The number of benzene rings is 1. The van der Waals surface area contributed by atoms with Crippen molar-refractivity contribution < 1.29 is 9.53 Å². The zero-order valence-electron chi connectivity index (χ0n) is 17.8. The van der Waals surface area contributed by atoms with Crippen molar-refractivity contribution in [3.8, 4) is 0 Å². The SMILES string of the molecule is CC/C(=C\c1ccccc1)[C@@H]1C[C@H]1NCCC(C)(C)NC(=O)OC(C)(C)C. The number of rotatable bonds is 8. The molecule has 4 heteroatoms. The number of amides is 1. The summed E-state index contributed by atoms with van der Waals surface area (Å²) < 4.78 is 5.36. The minimum absolute atomic E-state index is 0.298. The lowest BCUT2D eigenvalue weighted by molar-refractivity contribution is 0.0468. The largest absolute Gasteiger partial charge is 0.444 e. The van der Waals surface area contributed by atoms with Crippen LogP contribution in [0.15, 0.2) is 35.9 Å². The molecular formula is C23H36N2O2. The third-order valence-electron chi connectivity index (χ3n) is 4.82. The molecule has 0 bridgehead atoms. The van der Waals surface area contributed by atoms with Gasteiger partial charge in [0, 0.05) is 11.6 Å². The van der Waals surface area contributed by atoms with Gasteiger partial charge in [-0.25, -0.2) is 4.79 Å². The van der Waals surface area contributed by atoms with E-state index < -0.39 is 5.60 Å². The number of nitrogens with one attached hydrogen (secondary N) is 2. The molecule has 1 aliphatic rings. The van der Waals surface area contributed by atoms with Crippen LogP contribution in [0.3, 0.4) is 0 Å². The van der Waals surface area contributed by atoms with E-state index in [4.69, 9.17) is 4.74 Å². The van der Waals surface area contributed by atoms with Crippen LogP contribution in [0.1, 0.15) is 66.4 Å². The zero-order valence-corrected chi connectivity index (χ0v) is 17.8. The number of alkyl carbamates (subject to hydrolysis) is 1. The smallest absolute Gasteiger partial charge is 0.408 e. The molecule has 4 nitrogen and oxygen atoms in total. The Labute approximate surface area is 164 Å². The van der Waals surface area contributed by atoms with E-state index in [-0.39, 0.29) is 11.6 Å². The molecular weight excluding hydrogens is 336 g/mol. The summed E-state index contributed by atoms with van der Waals surface area (Å²) in [7, 11) is 0. The van der Waals surface area contributed by atoms with Crippen LogP contribution >= 0.6 is 0 Å². The van der Waals surface area contributed by atoms with Crippen molar-refractivity contribution in [2.75, 3.05) is 6.54 Å². The molecule has 0 heterocycles. The Morgan fingerprint density at radius 1 is 1.19 bits per heavy atom. The summed E-state index contributed by atoms with van der Waals surface area (Å²) in [4.78, 5) is 12.0. The number of ether oxygens (including phenoxy) is 1. The van der Waals surface area contributed by atoms with E-state index in [1.807, 2.05) is 34.6 Å². The van der Waals surface area contributed by atoms with Crippen molar-refractivity contribution in [3.05, 3.63) is 41.5 Å². The first-order chi connectivity index (χ1) is 12.6. The Balaban J connectivity index is 1.76. The first-order valence-corrected chi connectivity index (χ1v) is 10.1. The molecule has 0 spiro atoms. The van der Waals surface area contributed by atoms with E-state index in [1.165, 1.54) is 17.6 Å². The van der Waals surface area contributed by atoms with Crippen molar-refractivity contribution in [2.45, 2.75) is 78.0 Å². The Morgan fingerprint density at radius 3 is 2.44 bits per heavy atom. The van der Waals surface area contributed by atoms with Crippen molar-refractivity contribution in [2.24, 2.45) is 5.92 Å². The molecule has 0 saturated heterocycles. The highest BCUT2D eigenvalue weighted by Gasteiger charge is 2.38. The molecule has 1 fully saturated rings. The monoisotopic (exact) mass is 372 g/mol. The lowest BCUT2D eigenvalue weighted by atomic mass is 10.0. The maximum atomic E-state index is 12.0. The van der Waals surface area contributed by atoms with Gasteiger partial charge in [0.2, 0.25) is 0 Å². The summed E-state index contributed by atoms with van der Waals surface area (Å²) in [6.07, 6.45) is 5.13. The highest BCUT2D eigenvalue weighted by Crippen LogP contribution is 2.39. The number of carbonyl (C=O) groups is 1. The summed E-state index contributed by atoms with van der Waals surface area (Å²) in [6.45, 7) is 12.8. The fraction of sp³-hybridized carbons (Fsp3) is 0.609. The number of carbonyl (C=O) groups excluding carboxylic acids is 1. The molecule has 1 aromatic rings. The van der Waals surface area contributed by atoms with Crippen LogP contribution in [0, 0.1) is 5.92 Å². The zero-order chi connectivity index (χ0) is 20.1. The molecule has 2 N–H and O–H groups in total. The topological polar surface area (TPSA) is 50.4 Å². The van der Waals surface area contributed by atoms with Gasteiger partial charge in [-0.1, -0.05) is 48.9 Å². The van der Waals surface area contributed by atoms with Crippen LogP contribution in [-0.4, -0.2) is 29.8 Å². The fourth-order valence-corrected chi connectivity index (χ4v) is 3.28. The summed E-state index contributed by atoms with van der Waals surface area (Å²) in [6, 6.07) is 11.1. The van der Waals surface area contributed by atoms with Crippen molar-refractivity contribution >= 4 is 12.2 Å². The molecule has 0 aliphatic heterocycles. The van der Waals surface area contributed by atoms with E-state index in [1.54, 1.807) is 0 Å². The van der Waals surface area contributed by atoms with Gasteiger partial charge in [0.05, 0.1) is 0 Å². The molecule has 0 aromatic heterocycles. The summed E-state index contributed by atoms with van der Waals surface area (Å²) in [5.41, 5.74) is 2.03. The number of hydrogen-bond donors (Lipinski definition) is 2. The third-order valence-corrected chi connectivity index (χ3v) is 4.82. The quantitative estimate of drug-likeness (QED) is 0.663. The van der Waals surface area contributed by atoms with Gasteiger partial charge in [-0.2, -0.15) is 0 Å². The first-order valence-electron chi connectivity index (χ1n) is 10.1. The van der Waals surface area contributed by atoms with Crippen LogP contribution in [0.2, 0.25) is 0 Å². The third kappa shape index (κ3) is 7.76. The van der Waals surface area contributed by atoms with E-state index in [0.29, 0.717) is 12.0 Å². The predicted molar refractivity (Wildman–Crippen MR) is 113 cm³/mol. The predicted octanol–water partition coefficient (Wildman–Crippen LogP) is 5.15. The van der Waals surface area contributed by atoms with Gasteiger partial charge in [-0.05, 0) is 71.9 Å². The second-order valence-corrected chi connectivity index (χ2v) is 9.15. The summed E-state index contributed by atoms with van der Waals surface area (Å²) >= 11 is 0. The maximum absolute atomic E-state index is 12.0. The van der Waals surface area contributed by atoms with Crippen LogP contribution in [0.5, 0.6) is 0 Å². The molecule has 2 rings (SSSR count). The van der Waals surface area contributed by atoms with Gasteiger partial charge >= 0.3 is 6.09 Å². The normalized spacial score (nSPS) is 20.3. The summed E-state index contributed by atoms with van der Waals surface area (Å²) in [5.74, 6) is 0.636. The van der Waals surface area contributed by atoms with Crippen molar-refractivity contribution in [1.82, 2.24) is 10.6 Å². The minimum atomic E-state index is -0.471. The fourth-order valence-electron chi connectivity index (χ4n) is 3.28. The van der Waals surface area contributed by atoms with Crippen LogP contribution in [-0.2, 0) is 4.74 Å². The summed E-state index contributed by atoms with van der Waals surface area (Å²) in [5, 5.41) is 6.62. The molecule has 1 saturated carbocycles. The maximum Gasteiger partial charge on any atom is 0.408 e. The van der Waals surface area contributed by atoms with E-state index in [2.05, 4.69) is 54.0 Å². The molecule has 1 aliphatic carbocycles. The van der Waals surface area contributed by atoms with Gasteiger partial charge in [0.1, 0.15) is 5.60 Å². The minimum Gasteiger partial charge on any atom is -0.444 e. The molecule has 1 amide bonds. The van der Waals surface area contributed by atoms with Crippen molar-refractivity contribution in [1.29, 1.82) is 0 Å². The van der Waals surface area contributed by atoms with E-state index in [0.717, 1.165) is 19.4 Å². The van der Waals surface area contributed by atoms with Gasteiger partial charge in [0.15, 0.2) is 0 Å². The van der Waals surface area contributed by atoms with Gasteiger partial charge < -0.3 is 15.4 Å². The average molecular weight is 373 g/mol. The van der Waals surface area contributed by atoms with Gasteiger partial charge in [0.25, 0.3) is 0 Å². The molecule has 2 atom stereocenters. The molecule has 0 unspecified atom stereocenters. The van der Waals surface area contributed by atoms with Crippen LogP contribution < -0.4 is 10.6 Å². The Kier molecular flexibility index (Phi) is 7.10. The highest BCUT2D eigenvalue weighted by molar-refractivity contribution is 5.68. The Bertz CT molecular complexity index is 644. The Morgan fingerprint density at radius 2 is 1.85 bits per heavy atom. The second kappa shape index (κ2) is 8.92. The molecule has 0 radical (unpaired) electrons.